The van der Waals surface area contributed by atoms with E-state index in [9.17, 15) is 13.2 Å². The Bertz CT molecular complexity index is 614. The molecule has 0 atom stereocenters. The second kappa shape index (κ2) is 7.06. The summed E-state index contributed by atoms with van der Waals surface area (Å²) >= 11 is 0. The van der Waals surface area contributed by atoms with Gasteiger partial charge < -0.3 is 15.2 Å². The molecule has 0 aliphatic rings. The number of halogens is 3. The molecule has 0 unspecified atom stereocenters. The smallest absolute Gasteiger partial charge is 0.419 e. The van der Waals surface area contributed by atoms with Crippen molar-refractivity contribution in [2.24, 2.45) is 0 Å². The molecule has 2 aromatic rings. The Labute approximate surface area is 126 Å². The van der Waals surface area contributed by atoms with Gasteiger partial charge in [0, 0.05) is 18.2 Å². The maximum Gasteiger partial charge on any atom is 0.419 e. The Morgan fingerprint density at radius 3 is 2.36 bits per heavy atom. The van der Waals surface area contributed by atoms with E-state index < -0.39 is 11.7 Å². The highest BCUT2D eigenvalue weighted by Gasteiger charge is 2.33. The van der Waals surface area contributed by atoms with Gasteiger partial charge >= 0.3 is 6.18 Å². The predicted octanol–water partition coefficient (Wildman–Crippen LogP) is 4.14. The fraction of sp³-hybridized carbons (Fsp3) is 0.250. The molecule has 0 saturated carbocycles. The lowest BCUT2D eigenvalue weighted by atomic mass is 10.2. The number of nitrogens with two attached hydrogens (primary N) is 1. The van der Waals surface area contributed by atoms with Gasteiger partial charge in [0.25, 0.3) is 0 Å². The number of hydrogen-bond donors (Lipinski definition) is 1. The molecule has 3 nitrogen and oxygen atoms in total. The van der Waals surface area contributed by atoms with Crippen LogP contribution in [0.2, 0.25) is 0 Å². The molecule has 2 N–H and O–H groups in total. The molecule has 0 radical (unpaired) electrons. The molecule has 118 valence electrons. The summed E-state index contributed by atoms with van der Waals surface area (Å²) < 4.78 is 48.9. The normalized spacial score (nSPS) is 11.2. The van der Waals surface area contributed by atoms with Crippen LogP contribution in [-0.4, -0.2) is 13.2 Å². The third-order valence-corrected chi connectivity index (χ3v) is 2.87. The zero-order valence-corrected chi connectivity index (χ0v) is 11.8. The van der Waals surface area contributed by atoms with Gasteiger partial charge in [-0.1, -0.05) is 18.2 Å². The summed E-state index contributed by atoms with van der Waals surface area (Å²) in [5, 5.41) is 0. The van der Waals surface area contributed by atoms with Gasteiger partial charge in [-0.05, 0) is 24.3 Å². The predicted molar refractivity (Wildman–Crippen MR) is 77.9 cm³/mol. The highest BCUT2D eigenvalue weighted by atomic mass is 19.4. The Morgan fingerprint density at radius 2 is 1.64 bits per heavy atom. The van der Waals surface area contributed by atoms with Crippen LogP contribution in [0.25, 0.3) is 0 Å². The minimum Gasteiger partial charge on any atom is -0.493 e. The van der Waals surface area contributed by atoms with E-state index >= 15 is 0 Å². The molecule has 2 aromatic carbocycles. The number of anilines is 1. The van der Waals surface area contributed by atoms with Crippen molar-refractivity contribution in [3.63, 3.8) is 0 Å². The molecule has 0 amide bonds. The van der Waals surface area contributed by atoms with Crippen LogP contribution in [0, 0.1) is 0 Å². The van der Waals surface area contributed by atoms with Crippen molar-refractivity contribution in [1.82, 2.24) is 0 Å². The lowest BCUT2D eigenvalue weighted by molar-refractivity contribution is -0.138. The third kappa shape index (κ3) is 4.58. The second-order valence-electron chi connectivity index (χ2n) is 4.62. The number of para-hydroxylation sites is 1. The first kappa shape index (κ1) is 16.0. The number of alkyl halides is 3. The maximum absolute atomic E-state index is 12.8. The van der Waals surface area contributed by atoms with Crippen LogP contribution in [0.15, 0.2) is 48.5 Å². The lowest BCUT2D eigenvalue weighted by Crippen LogP contribution is -2.10. The summed E-state index contributed by atoms with van der Waals surface area (Å²) in [4.78, 5) is 0. The molecule has 0 fully saturated rings. The minimum absolute atomic E-state index is 0.134. The van der Waals surface area contributed by atoms with Crippen LogP contribution in [0.1, 0.15) is 12.0 Å². The number of nitrogen functional groups attached to an aromatic ring is 1. The summed E-state index contributed by atoms with van der Waals surface area (Å²) in [5.41, 5.74) is 5.43. The van der Waals surface area contributed by atoms with Gasteiger partial charge in [0.2, 0.25) is 0 Å². The first-order chi connectivity index (χ1) is 10.5. The molecule has 0 bridgehead atoms. The zero-order valence-electron chi connectivity index (χ0n) is 11.8. The van der Waals surface area contributed by atoms with Gasteiger partial charge in [-0.25, -0.2) is 0 Å². The van der Waals surface area contributed by atoms with Gasteiger partial charge in [0.15, 0.2) is 0 Å². The van der Waals surface area contributed by atoms with Gasteiger partial charge in [-0.15, -0.1) is 0 Å². The molecular weight excluding hydrogens is 295 g/mol. The fourth-order valence-corrected chi connectivity index (χ4v) is 1.86. The third-order valence-electron chi connectivity index (χ3n) is 2.87. The van der Waals surface area contributed by atoms with E-state index in [0.29, 0.717) is 24.5 Å². The number of ether oxygens (including phenoxy) is 2. The Kier molecular flexibility index (Phi) is 5.14. The van der Waals surface area contributed by atoms with Crippen LogP contribution >= 0.6 is 0 Å². The molecular formula is C16H16F3NO2. The summed E-state index contributed by atoms with van der Waals surface area (Å²) in [7, 11) is 0. The molecule has 22 heavy (non-hydrogen) atoms. The quantitative estimate of drug-likeness (QED) is 0.644. The number of rotatable bonds is 6. The summed E-state index contributed by atoms with van der Waals surface area (Å²) in [6.07, 6.45) is -3.96. The van der Waals surface area contributed by atoms with E-state index in [2.05, 4.69) is 0 Å². The SMILES string of the molecule is Nc1cccc(OCCCOc2ccccc2C(F)(F)F)c1. The zero-order chi connectivity index (χ0) is 16.0. The Hall–Kier alpha value is -2.37. The number of benzene rings is 2. The van der Waals surface area contributed by atoms with E-state index in [1.54, 1.807) is 24.3 Å². The highest BCUT2D eigenvalue weighted by Crippen LogP contribution is 2.35. The average molecular weight is 311 g/mol. The Morgan fingerprint density at radius 1 is 0.909 bits per heavy atom. The van der Waals surface area contributed by atoms with Crippen molar-refractivity contribution in [3.8, 4) is 11.5 Å². The monoisotopic (exact) mass is 311 g/mol. The van der Waals surface area contributed by atoms with Crippen LogP contribution < -0.4 is 15.2 Å². The van der Waals surface area contributed by atoms with Crippen molar-refractivity contribution in [3.05, 3.63) is 54.1 Å². The molecule has 0 heterocycles. The topological polar surface area (TPSA) is 44.5 Å². The van der Waals surface area contributed by atoms with E-state index in [0.717, 1.165) is 6.07 Å². The van der Waals surface area contributed by atoms with E-state index in [1.165, 1.54) is 18.2 Å². The van der Waals surface area contributed by atoms with E-state index in [-0.39, 0.29) is 12.4 Å². The largest absolute Gasteiger partial charge is 0.493 e. The average Bonchev–Trinajstić information content (AvgIpc) is 2.46. The standard InChI is InChI=1S/C16H16F3NO2/c17-16(18,19)14-7-1-2-8-15(14)22-10-4-9-21-13-6-3-5-12(20)11-13/h1-3,5-8,11H,4,9-10,20H2. The van der Waals surface area contributed by atoms with Crippen molar-refractivity contribution < 1.29 is 22.6 Å². The lowest BCUT2D eigenvalue weighted by Gasteiger charge is -2.13. The molecule has 0 aromatic heterocycles. The molecule has 2 rings (SSSR count). The molecule has 0 aliphatic heterocycles. The summed E-state index contributed by atoms with van der Waals surface area (Å²) in [6, 6.07) is 12.1. The van der Waals surface area contributed by atoms with Crippen LogP contribution in [-0.2, 0) is 6.18 Å². The summed E-state index contributed by atoms with van der Waals surface area (Å²) in [6.45, 7) is 0.465. The van der Waals surface area contributed by atoms with Gasteiger partial charge in [0.05, 0.1) is 18.8 Å². The molecule has 0 aliphatic carbocycles. The number of hydrogen-bond acceptors (Lipinski definition) is 3. The van der Waals surface area contributed by atoms with Crippen molar-refractivity contribution >= 4 is 5.69 Å². The second-order valence-corrected chi connectivity index (χ2v) is 4.62. The first-order valence-electron chi connectivity index (χ1n) is 6.74. The highest BCUT2D eigenvalue weighted by molar-refractivity contribution is 5.43. The van der Waals surface area contributed by atoms with Gasteiger partial charge in [-0.3, -0.25) is 0 Å². The van der Waals surface area contributed by atoms with Crippen molar-refractivity contribution in [2.45, 2.75) is 12.6 Å². The molecule has 6 heteroatoms. The fourth-order valence-electron chi connectivity index (χ4n) is 1.86. The van der Waals surface area contributed by atoms with Crippen LogP contribution in [0.4, 0.5) is 18.9 Å². The van der Waals surface area contributed by atoms with Gasteiger partial charge in [-0.2, -0.15) is 13.2 Å². The Balaban J connectivity index is 1.80. The van der Waals surface area contributed by atoms with Crippen molar-refractivity contribution in [1.29, 1.82) is 0 Å². The first-order valence-corrected chi connectivity index (χ1v) is 6.74. The molecule has 0 spiro atoms. The van der Waals surface area contributed by atoms with E-state index in [4.69, 9.17) is 15.2 Å². The maximum atomic E-state index is 12.8. The van der Waals surface area contributed by atoms with E-state index in [1.807, 2.05) is 0 Å². The minimum atomic E-state index is -4.42. The molecule has 0 saturated heterocycles. The van der Waals surface area contributed by atoms with Gasteiger partial charge in [0.1, 0.15) is 11.5 Å². The van der Waals surface area contributed by atoms with Crippen molar-refractivity contribution in [2.75, 3.05) is 18.9 Å². The van der Waals surface area contributed by atoms with Crippen LogP contribution in [0.3, 0.4) is 0 Å². The van der Waals surface area contributed by atoms with Crippen LogP contribution in [0.5, 0.6) is 11.5 Å². The summed E-state index contributed by atoms with van der Waals surface area (Å²) in [5.74, 6) is 0.453.